The highest BCUT2D eigenvalue weighted by atomic mass is 19.1. The number of carbonyl (C=O) groups excluding carboxylic acids is 1. The molecule has 1 aliphatic rings. The van der Waals surface area contributed by atoms with Crippen LogP contribution in [0.3, 0.4) is 0 Å². The fraction of sp³-hybridized carbons (Fsp3) is 0.296. The molecule has 1 amide bonds. The Morgan fingerprint density at radius 3 is 2.53 bits per heavy atom. The van der Waals surface area contributed by atoms with Gasteiger partial charge in [0.15, 0.2) is 5.82 Å². The highest BCUT2D eigenvalue weighted by Crippen LogP contribution is 2.36. The van der Waals surface area contributed by atoms with E-state index >= 15 is 0 Å². The summed E-state index contributed by atoms with van der Waals surface area (Å²) in [6, 6.07) is 13.5. The van der Waals surface area contributed by atoms with Crippen molar-refractivity contribution in [2.75, 3.05) is 32.6 Å². The van der Waals surface area contributed by atoms with Crippen molar-refractivity contribution in [2.45, 2.75) is 19.8 Å². The van der Waals surface area contributed by atoms with Crippen molar-refractivity contribution in [2.24, 2.45) is 5.41 Å². The molecule has 0 atom stereocenters. The number of nitrogens with one attached hydrogen (secondary N) is 2. The molecule has 11 heteroatoms. The largest absolute Gasteiger partial charge is 0.349 e. The van der Waals surface area contributed by atoms with Gasteiger partial charge in [0.1, 0.15) is 5.82 Å². The number of pyridine rings is 1. The Hall–Kier alpha value is -4.22. The number of amides is 1. The Labute approximate surface area is 219 Å². The lowest BCUT2D eigenvalue weighted by atomic mass is 9.90. The number of ether oxygens (including phenoxy) is 2. The van der Waals surface area contributed by atoms with Crippen molar-refractivity contribution in [3.63, 3.8) is 0 Å². The first kappa shape index (κ1) is 25.4. The molecule has 1 saturated heterocycles. The van der Waals surface area contributed by atoms with Gasteiger partial charge in [0, 0.05) is 32.1 Å². The molecule has 0 unspecified atom stereocenters. The molecule has 38 heavy (non-hydrogen) atoms. The number of hydrogen-bond donors (Lipinski definition) is 2. The molecule has 1 aromatic carbocycles. The van der Waals surface area contributed by atoms with Crippen LogP contribution in [0.15, 0.2) is 60.9 Å². The summed E-state index contributed by atoms with van der Waals surface area (Å²) < 4.78 is 25.6. The SMILES string of the molecule is CN(C)C(=O)C1(C)COC(c2nc(-c3ccc(F)cc3)c(-c3ccnc(NCc4ccccn4)n3)[nH]2)OC1. The molecule has 0 radical (unpaired) electrons. The number of rotatable bonds is 7. The van der Waals surface area contributed by atoms with Gasteiger partial charge < -0.3 is 24.7 Å². The number of imidazole rings is 1. The lowest BCUT2D eigenvalue weighted by Crippen LogP contribution is -2.48. The number of aromatic nitrogens is 5. The maximum Gasteiger partial charge on any atom is 0.232 e. The number of hydrogen-bond acceptors (Lipinski definition) is 8. The van der Waals surface area contributed by atoms with E-state index in [1.54, 1.807) is 44.7 Å². The van der Waals surface area contributed by atoms with Crippen molar-refractivity contribution < 1.29 is 18.7 Å². The van der Waals surface area contributed by atoms with Gasteiger partial charge in [-0.1, -0.05) is 6.07 Å². The van der Waals surface area contributed by atoms with Crippen LogP contribution in [0.25, 0.3) is 22.6 Å². The molecule has 10 nitrogen and oxygen atoms in total. The Morgan fingerprint density at radius 1 is 1.08 bits per heavy atom. The molecule has 0 spiro atoms. The second kappa shape index (κ2) is 10.6. The van der Waals surface area contributed by atoms with E-state index < -0.39 is 11.7 Å². The summed E-state index contributed by atoms with van der Waals surface area (Å²) in [7, 11) is 3.41. The Bertz CT molecular complexity index is 1400. The van der Waals surface area contributed by atoms with Gasteiger partial charge in [-0.2, -0.15) is 0 Å². The van der Waals surface area contributed by atoms with Crippen molar-refractivity contribution in [1.29, 1.82) is 0 Å². The molecule has 1 aliphatic heterocycles. The van der Waals surface area contributed by atoms with E-state index in [9.17, 15) is 9.18 Å². The minimum absolute atomic E-state index is 0.0743. The van der Waals surface area contributed by atoms with Gasteiger partial charge in [-0.05, 0) is 49.4 Å². The molecule has 1 fully saturated rings. The summed E-state index contributed by atoms with van der Waals surface area (Å²) in [4.78, 5) is 35.4. The van der Waals surface area contributed by atoms with Crippen LogP contribution in [-0.2, 0) is 20.8 Å². The number of nitrogens with zero attached hydrogens (tertiary/aromatic N) is 5. The minimum atomic E-state index is -0.811. The van der Waals surface area contributed by atoms with Gasteiger partial charge in [0.2, 0.25) is 18.1 Å². The van der Waals surface area contributed by atoms with Crippen molar-refractivity contribution in [3.8, 4) is 22.6 Å². The third-order valence-corrected chi connectivity index (χ3v) is 6.16. The summed E-state index contributed by atoms with van der Waals surface area (Å²) in [5.41, 5.74) is 2.47. The molecule has 2 N–H and O–H groups in total. The number of carbonyl (C=O) groups is 1. The summed E-state index contributed by atoms with van der Waals surface area (Å²) in [5, 5.41) is 3.18. The average molecular weight is 518 g/mol. The third-order valence-electron chi connectivity index (χ3n) is 6.16. The number of benzene rings is 1. The lowest BCUT2D eigenvalue weighted by molar-refractivity contribution is -0.233. The van der Waals surface area contributed by atoms with E-state index in [0.717, 1.165) is 5.69 Å². The Kier molecular flexibility index (Phi) is 7.12. The molecular weight excluding hydrogens is 489 g/mol. The Morgan fingerprint density at radius 2 is 1.84 bits per heavy atom. The molecule has 5 rings (SSSR count). The van der Waals surface area contributed by atoms with E-state index in [2.05, 4.69) is 25.3 Å². The fourth-order valence-corrected chi connectivity index (χ4v) is 4.19. The molecule has 4 heterocycles. The average Bonchev–Trinajstić information content (AvgIpc) is 3.38. The van der Waals surface area contributed by atoms with Crippen LogP contribution < -0.4 is 5.32 Å². The van der Waals surface area contributed by atoms with Gasteiger partial charge in [0.05, 0.1) is 47.9 Å². The molecule has 0 bridgehead atoms. The lowest BCUT2D eigenvalue weighted by Gasteiger charge is -2.36. The summed E-state index contributed by atoms with van der Waals surface area (Å²) in [6.45, 7) is 2.61. The quantitative estimate of drug-likeness (QED) is 0.380. The van der Waals surface area contributed by atoms with Gasteiger partial charge in [-0.25, -0.2) is 19.3 Å². The zero-order chi connectivity index (χ0) is 26.7. The molecule has 0 saturated carbocycles. The first-order chi connectivity index (χ1) is 18.3. The number of H-pyrrole nitrogens is 1. The van der Waals surface area contributed by atoms with E-state index in [1.807, 2.05) is 25.1 Å². The second-order valence-electron chi connectivity index (χ2n) is 9.51. The topological polar surface area (TPSA) is 118 Å². The van der Waals surface area contributed by atoms with Gasteiger partial charge >= 0.3 is 0 Å². The van der Waals surface area contributed by atoms with Gasteiger partial charge in [0.25, 0.3) is 0 Å². The van der Waals surface area contributed by atoms with Crippen LogP contribution in [0.5, 0.6) is 0 Å². The van der Waals surface area contributed by atoms with Crippen LogP contribution in [0.1, 0.15) is 24.7 Å². The number of aromatic amines is 1. The molecule has 3 aromatic heterocycles. The van der Waals surface area contributed by atoms with Crippen LogP contribution in [0.2, 0.25) is 0 Å². The highest BCUT2D eigenvalue weighted by molar-refractivity contribution is 5.82. The zero-order valence-corrected chi connectivity index (χ0v) is 21.3. The normalized spacial score (nSPS) is 19.2. The maximum atomic E-state index is 13.7. The van der Waals surface area contributed by atoms with E-state index in [1.165, 1.54) is 17.0 Å². The number of anilines is 1. The molecule has 0 aliphatic carbocycles. The summed E-state index contributed by atoms with van der Waals surface area (Å²) >= 11 is 0. The molecule has 4 aromatic rings. The predicted octanol–water partition coefficient (Wildman–Crippen LogP) is 3.82. The molecule has 196 valence electrons. The molecular formula is C27H28FN7O3. The standard InChI is InChI=1S/C27H28FN7O3/c1-27(25(36)35(2)3)15-37-24(38-16-27)23-33-21(17-7-9-18(28)10-8-17)22(34-23)20-11-13-30-26(32-20)31-14-19-6-4-5-12-29-19/h4-13,24H,14-16H2,1-3H3,(H,33,34)(H,30,31,32). The summed E-state index contributed by atoms with van der Waals surface area (Å²) in [5.74, 6) is 0.408. The van der Waals surface area contributed by atoms with Gasteiger partial charge in [-0.15, -0.1) is 0 Å². The first-order valence-corrected chi connectivity index (χ1v) is 12.1. The van der Waals surface area contributed by atoms with Crippen molar-refractivity contribution in [3.05, 3.63) is 78.3 Å². The predicted molar refractivity (Wildman–Crippen MR) is 138 cm³/mol. The fourth-order valence-electron chi connectivity index (χ4n) is 4.19. The monoisotopic (exact) mass is 517 g/mol. The van der Waals surface area contributed by atoms with Crippen molar-refractivity contribution in [1.82, 2.24) is 29.8 Å². The smallest absolute Gasteiger partial charge is 0.232 e. The van der Waals surface area contributed by atoms with Gasteiger partial charge in [-0.3, -0.25) is 9.78 Å². The van der Waals surface area contributed by atoms with Crippen LogP contribution in [0, 0.1) is 11.2 Å². The van der Waals surface area contributed by atoms with E-state index in [4.69, 9.17) is 14.5 Å². The highest BCUT2D eigenvalue weighted by Gasteiger charge is 2.41. The van der Waals surface area contributed by atoms with Crippen molar-refractivity contribution >= 4 is 11.9 Å². The van der Waals surface area contributed by atoms with E-state index in [0.29, 0.717) is 41.0 Å². The Balaban J connectivity index is 1.44. The zero-order valence-electron chi connectivity index (χ0n) is 21.3. The first-order valence-electron chi connectivity index (χ1n) is 12.1. The number of halogens is 1. The maximum absolute atomic E-state index is 13.7. The van der Waals surface area contributed by atoms with Crippen LogP contribution >= 0.6 is 0 Å². The van der Waals surface area contributed by atoms with Crippen LogP contribution in [-0.4, -0.2) is 63.0 Å². The van der Waals surface area contributed by atoms with Crippen LogP contribution in [0.4, 0.5) is 10.3 Å². The van der Waals surface area contributed by atoms with E-state index in [-0.39, 0.29) is 24.9 Å². The third kappa shape index (κ3) is 5.38. The second-order valence-corrected chi connectivity index (χ2v) is 9.51. The minimum Gasteiger partial charge on any atom is -0.349 e. The summed E-state index contributed by atoms with van der Waals surface area (Å²) in [6.07, 6.45) is 2.56.